The lowest BCUT2D eigenvalue weighted by atomic mass is 10.2. The van der Waals surface area contributed by atoms with Crippen molar-refractivity contribution in [1.29, 1.82) is 0 Å². The summed E-state index contributed by atoms with van der Waals surface area (Å²) in [6, 6.07) is 11.3. The number of para-hydroxylation sites is 1. The lowest BCUT2D eigenvalue weighted by molar-refractivity contribution is 0.102. The van der Waals surface area contributed by atoms with Crippen molar-refractivity contribution >= 4 is 55.6 Å². The Morgan fingerprint density at radius 2 is 1.94 bits per heavy atom. The van der Waals surface area contributed by atoms with Gasteiger partial charge in [-0.15, -0.1) is 10.2 Å². The average Bonchev–Trinajstić information content (AvgIpc) is 3.16. The van der Waals surface area contributed by atoms with Crippen LogP contribution in [0.2, 0.25) is 10.0 Å². The Balaban J connectivity index is 1.62. The number of benzene rings is 2. The maximum atomic E-state index is 12.6. The third-order valence-electron chi connectivity index (χ3n) is 3.97. The van der Waals surface area contributed by atoms with Crippen LogP contribution in [0.3, 0.4) is 0 Å². The molecule has 3 rings (SSSR count). The van der Waals surface area contributed by atoms with Gasteiger partial charge in [-0.05, 0) is 43.7 Å². The Morgan fingerprint density at radius 1 is 1.19 bits per heavy atom. The molecule has 0 saturated carbocycles. The highest BCUT2D eigenvalue weighted by molar-refractivity contribution is 7.91. The highest BCUT2D eigenvalue weighted by atomic mass is 35.5. The number of ether oxygens (including phenoxy) is 1. The number of aromatic nitrogens is 2. The van der Waals surface area contributed by atoms with Crippen molar-refractivity contribution in [1.82, 2.24) is 14.9 Å². The van der Waals surface area contributed by atoms with Gasteiger partial charge in [-0.2, -0.15) is 0 Å². The van der Waals surface area contributed by atoms with E-state index in [1.807, 2.05) is 31.2 Å². The van der Waals surface area contributed by atoms with Crippen molar-refractivity contribution in [2.45, 2.75) is 24.2 Å². The maximum Gasteiger partial charge on any atom is 0.270 e. The Morgan fingerprint density at radius 3 is 2.65 bits per heavy atom. The fraction of sp³-hybridized carbons (Fsp3) is 0.211. The van der Waals surface area contributed by atoms with Crippen molar-refractivity contribution in [2.24, 2.45) is 0 Å². The number of nitrogens with zero attached hydrogens (tertiary/aromatic N) is 2. The number of rotatable bonds is 8. The first kappa shape index (κ1) is 23.4. The third kappa shape index (κ3) is 6.14. The summed E-state index contributed by atoms with van der Waals surface area (Å²) in [6.07, 6.45) is 0. The Labute approximate surface area is 193 Å². The molecule has 0 saturated heterocycles. The molecule has 0 spiro atoms. The van der Waals surface area contributed by atoms with Crippen molar-refractivity contribution in [3.05, 3.63) is 63.6 Å². The highest BCUT2D eigenvalue weighted by Gasteiger charge is 2.24. The molecule has 0 aliphatic heterocycles. The molecule has 1 heterocycles. The second-order valence-electron chi connectivity index (χ2n) is 6.55. The summed E-state index contributed by atoms with van der Waals surface area (Å²) < 4.78 is 33.0. The molecule has 1 aromatic heterocycles. The van der Waals surface area contributed by atoms with Crippen molar-refractivity contribution in [2.75, 3.05) is 11.9 Å². The Hall–Kier alpha value is -2.24. The van der Waals surface area contributed by atoms with Crippen LogP contribution in [0.15, 0.2) is 46.8 Å². The van der Waals surface area contributed by atoms with E-state index in [2.05, 4.69) is 20.2 Å². The van der Waals surface area contributed by atoms with Crippen LogP contribution in [0.5, 0.6) is 5.75 Å². The second kappa shape index (κ2) is 9.92. The topological polar surface area (TPSA) is 110 Å². The smallest absolute Gasteiger partial charge is 0.270 e. The standard InChI is InChI=1S/C19H18Cl2N4O4S2/c1-11-5-3-4-6-16(11)29-10-12(2)25-31(27,28)19-24-23-18(30-19)22-17(26)14-8-7-13(20)9-15(14)21/h3-9,12,25H,10H2,1-2H3,(H,22,23,26)/t12-/m1/s1. The minimum atomic E-state index is -3.95. The lowest BCUT2D eigenvalue weighted by Crippen LogP contribution is -2.36. The molecule has 8 nitrogen and oxygen atoms in total. The predicted molar refractivity (Wildman–Crippen MR) is 121 cm³/mol. The van der Waals surface area contributed by atoms with Gasteiger partial charge in [-0.1, -0.05) is 52.7 Å². The summed E-state index contributed by atoms with van der Waals surface area (Å²) in [7, 11) is -3.95. The fourth-order valence-electron chi connectivity index (χ4n) is 2.49. The van der Waals surface area contributed by atoms with Crippen LogP contribution >= 0.6 is 34.5 Å². The van der Waals surface area contributed by atoms with Crippen LogP contribution in [-0.2, 0) is 10.0 Å². The largest absolute Gasteiger partial charge is 0.492 e. The van der Waals surface area contributed by atoms with Gasteiger partial charge in [0.15, 0.2) is 0 Å². The summed E-state index contributed by atoms with van der Waals surface area (Å²) in [5, 5.41) is 10.4. The first-order valence-corrected chi connectivity index (χ1v) is 12.0. The van der Waals surface area contributed by atoms with Gasteiger partial charge in [0, 0.05) is 5.02 Å². The number of amides is 1. The molecule has 2 N–H and O–H groups in total. The van der Waals surface area contributed by atoms with Gasteiger partial charge < -0.3 is 4.74 Å². The molecule has 0 aliphatic carbocycles. The molecular weight excluding hydrogens is 483 g/mol. The zero-order chi connectivity index (χ0) is 22.6. The van der Waals surface area contributed by atoms with Gasteiger partial charge in [-0.25, -0.2) is 13.1 Å². The van der Waals surface area contributed by atoms with Gasteiger partial charge >= 0.3 is 0 Å². The molecule has 1 atom stereocenters. The number of anilines is 1. The SMILES string of the molecule is Cc1ccccc1OC[C@@H](C)NS(=O)(=O)c1nnc(NC(=O)c2ccc(Cl)cc2Cl)s1. The van der Waals surface area contributed by atoms with Crippen LogP contribution in [0.1, 0.15) is 22.8 Å². The third-order valence-corrected chi connectivity index (χ3v) is 7.31. The van der Waals surface area contributed by atoms with Gasteiger partial charge in [0.1, 0.15) is 12.4 Å². The monoisotopic (exact) mass is 500 g/mol. The van der Waals surface area contributed by atoms with Crippen LogP contribution in [0.4, 0.5) is 5.13 Å². The van der Waals surface area contributed by atoms with Crippen molar-refractivity contribution in [3.8, 4) is 5.75 Å². The fourth-order valence-corrected chi connectivity index (χ4v) is 5.12. The van der Waals surface area contributed by atoms with Gasteiger partial charge in [0.25, 0.3) is 15.9 Å². The molecule has 0 unspecified atom stereocenters. The molecule has 0 aliphatic rings. The van der Waals surface area contributed by atoms with E-state index in [1.165, 1.54) is 18.2 Å². The van der Waals surface area contributed by atoms with Crippen molar-refractivity contribution in [3.63, 3.8) is 0 Å². The number of halogens is 2. The second-order valence-corrected chi connectivity index (χ2v) is 10.3. The number of aryl methyl sites for hydroxylation is 1. The Kier molecular flexibility index (Phi) is 7.50. The van der Waals surface area contributed by atoms with Crippen LogP contribution < -0.4 is 14.8 Å². The van der Waals surface area contributed by atoms with E-state index in [0.717, 1.165) is 5.56 Å². The number of hydrogen-bond donors (Lipinski definition) is 2. The molecule has 0 fully saturated rings. The molecule has 1 amide bonds. The van der Waals surface area contributed by atoms with Gasteiger partial charge in [-0.3, -0.25) is 10.1 Å². The average molecular weight is 501 g/mol. The van der Waals surface area contributed by atoms with Crippen molar-refractivity contribution < 1.29 is 17.9 Å². The summed E-state index contributed by atoms with van der Waals surface area (Å²) in [6.45, 7) is 3.70. The summed E-state index contributed by atoms with van der Waals surface area (Å²) in [5.41, 5.74) is 1.12. The first-order chi connectivity index (χ1) is 14.7. The van der Waals surface area contributed by atoms with Crippen LogP contribution in [0.25, 0.3) is 0 Å². The molecule has 3 aromatic rings. The maximum absolute atomic E-state index is 12.6. The highest BCUT2D eigenvalue weighted by Crippen LogP contribution is 2.24. The molecule has 12 heteroatoms. The van der Waals surface area contributed by atoms with E-state index < -0.39 is 22.0 Å². The van der Waals surface area contributed by atoms with Gasteiger partial charge in [0.05, 0.1) is 16.6 Å². The van der Waals surface area contributed by atoms with Crippen LogP contribution in [0, 0.1) is 6.92 Å². The van der Waals surface area contributed by atoms with E-state index in [-0.39, 0.29) is 26.7 Å². The predicted octanol–water partition coefficient (Wildman–Crippen LogP) is 4.15. The molecule has 31 heavy (non-hydrogen) atoms. The zero-order valence-corrected chi connectivity index (χ0v) is 19.6. The Bertz CT molecular complexity index is 1200. The van der Waals surface area contributed by atoms with Crippen LogP contribution in [-0.4, -0.2) is 37.2 Å². The number of sulfonamides is 1. The first-order valence-electron chi connectivity index (χ1n) is 8.96. The molecule has 164 valence electrons. The normalized spacial score (nSPS) is 12.4. The van der Waals surface area contributed by atoms with E-state index in [9.17, 15) is 13.2 Å². The van der Waals surface area contributed by atoms with E-state index in [0.29, 0.717) is 22.1 Å². The van der Waals surface area contributed by atoms with E-state index >= 15 is 0 Å². The number of carbonyl (C=O) groups excluding carboxylic acids is 1. The molecular formula is C19H18Cl2N4O4S2. The summed E-state index contributed by atoms with van der Waals surface area (Å²) in [4.78, 5) is 12.3. The molecule has 0 bridgehead atoms. The van der Waals surface area contributed by atoms with E-state index in [1.54, 1.807) is 6.92 Å². The quantitative estimate of drug-likeness (QED) is 0.449. The molecule has 2 aromatic carbocycles. The summed E-state index contributed by atoms with van der Waals surface area (Å²) >= 11 is 12.6. The van der Waals surface area contributed by atoms with E-state index in [4.69, 9.17) is 27.9 Å². The number of hydrogen-bond acceptors (Lipinski definition) is 7. The molecule has 0 radical (unpaired) electrons. The number of carbonyl (C=O) groups is 1. The minimum Gasteiger partial charge on any atom is -0.492 e. The minimum absolute atomic E-state index is 0.0141. The van der Waals surface area contributed by atoms with Gasteiger partial charge in [0.2, 0.25) is 9.47 Å². The lowest BCUT2D eigenvalue weighted by Gasteiger charge is -2.15. The number of nitrogens with one attached hydrogen (secondary N) is 2. The zero-order valence-electron chi connectivity index (χ0n) is 16.4. The summed E-state index contributed by atoms with van der Waals surface area (Å²) in [5.74, 6) is 0.116.